The molecule has 0 aromatic heterocycles. The normalized spacial score (nSPS) is 24.1. The fraction of sp³-hybridized carbons (Fsp3) is 0.419. The summed E-state index contributed by atoms with van der Waals surface area (Å²) in [6, 6.07) is 22.4. The molecule has 0 spiro atoms. The molecule has 4 heterocycles. The van der Waals surface area contributed by atoms with Gasteiger partial charge >= 0.3 is 0 Å². The van der Waals surface area contributed by atoms with Gasteiger partial charge in [-0.1, -0.05) is 6.07 Å². The highest BCUT2D eigenvalue weighted by Crippen LogP contribution is 2.35. The van der Waals surface area contributed by atoms with Crippen molar-refractivity contribution in [2.75, 3.05) is 62.4 Å². The molecule has 4 aliphatic heterocycles. The lowest BCUT2D eigenvalue weighted by Gasteiger charge is -2.23. The number of anilines is 2. The Labute approximate surface area is 228 Å². The van der Waals surface area contributed by atoms with E-state index in [-0.39, 0.29) is 0 Å². The van der Waals surface area contributed by atoms with E-state index in [9.17, 15) is 0 Å². The highest BCUT2D eigenvalue weighted by Gasteiger charge is 2.32. The standard InChI is InChI=1S/C31H34N2O6/c1-21-30(38-24-9-5-22(6-10-24)32(13-26-17-34-26)14-27-18-35-27)3-2-4-31(21)39-25-11-7-23(8-12-25)33(15-28-19-36-28)16-29-20-37-29/h2-12,26-29H,13-20H2,1H3. The number of ether oxygens (including phenoxy) is 6. The van der Waals surface area contributed by atoms with Gasteiger partial charge in [-0.05, 0) is 67.6 Å². The van der Waals surface area contributed by atoms with Crippen LogP contribution >= 0.6 is 0 Å². The number of nitrogens with zero attached hydrogens (tertiary/aromatic N) is 2. The maximum Gasteiger partial charge on any atom is 0.134 e. The Bertz CT molecular complexity index is 1140. The molecule has 3 aromatic rings. The molecule has 0 amide bonds. The van der Waals surface area contributed by atoms with E-state index in [1.165, 1.54) is 0 Å². The molecular weight excluding hydrogens is 496 g/mol. The van der Waals surface area contributed by atoms with E-state index in [0.717, 1.165) is 92.5 Å². The van der Waals surface area contributed by atoms with E-state index in [1.54, 1.807) is 0 Å². The summed E-state index contributed by atoms with van der Waals surface area (Å²) < 4.78 is 34.3. The fourth-order valence-corrected chi connectivity index (χ4v) is 4.77. The quantitative estimate of drug-likeness (QED) is 0.276. The van der Waals surface area contributed by atoms with Crippen LogP contribution in [0.3, 0.4) is 0 Å². The van der Waals surface area contributed by atoms with Crippen LogP contribution in [-0.2, 0) is 18.9 Å². The third-order valence-corrected chi connectivity index (χ3v) is 7.40. The molecule has 4 fully saturated rings. The highest BCUT2D eigenvalue weighted by atomic mass is 16.6. The van der Waals surface area contributed by atoms with Gasteiger partial charge in [0.25, 0.3) is 0 Å². The van der Waals surface area contributed by atoms with E-state index in [1.807, 2.05) is 49.4 Å². The zero-order valence-corrected chi connectivity index (χ0v) is 22.2. The number of rotatable bonds is 14. The SMILES string of the molecule is Cc1c(Oc2ccc(N(CC3CO3)CC3CO3)cc2)cccc1Oc1ccc(N(CC2CO2)CC2CO2)cc1. The first-order valence-corrected chi connectivity index (χ1v) is 13.8. The van der Waals surface area contributed by atoms with E-state index in [4.69, 9.17) is 28.4 Å². The van der Waals surface area contributed by atoms with Gasteiger partial charge < -0.3 is 38.2 Å². The van der Waals surface area contributed by atoms with Crippen LogP contribution < -0.4 is 19.3 Å². The van der Waals surface area contributed by atoms with E-state index >= 15 is 0 Å². The number of benzene rings is 3. The molecule has 8 nitrogen and oxygen atoms in total. The largest absolute Gasteiger partial charge is 0.457 e. The predicted molar refractivity (Wildman–Crippen MR) is 148 cm³/mol. The lowest BCUT2D eigenvalue weighted by Crippen LogP contribution is -2.31. The van der Waals surface area contributed by atoms with Crippen molar-refractivity contribution in [3.63, 3.8) is 0 Å². The average Bonchev–Trinajstić information content (AvgIpc) is 3.74. The van der Waals surface area contributed by atoms with Crippen LogP contribution in [0.25, 0.3) is 0 Å². The Kier molecular flexibility index (Phi) is 6.78. The summed E-state index contributed by atoms with van der Waals surface area (Å²) in [6.45, 7) is 8.95. The first kappa shape index (κ1) is 24.7. The van der Waals surface area contributed by atoms with Gasteiger partial charge in [-0.2, -0.15) is 0 Å². The van der Waals surface area contributed by atoms with Crippen LogP contribution in [0.5, 0.6) is 23.0 Å². The summed E-state index contributed by atoms with van der Waals surface area (Å²) in [5, 5.41) is 0. The van der Waals surface area contributed by atoms with Crippen LogP contribution in [0.1, 0.15) is 5.56 Å². The topological polar surface area (TPSA) is 75.1 Å². The molecule has 4 saturated heterocycles. The average molecular weight is 531 g/mol. The van der Waals surface area contributed by atoms with Crippen molar-refractivity contribution in [3.8, 4) is 23.0 Å². The smallest absolute Gasteiger partial charge is 0.134 e. The summed E-state index contributed by atoms with van der Waals surface area (Å²) in [5.74, 6) is 3.11. The third-order valence-electron chi connectivity index (χ3n) is 7.40. The van der Waals surface area contributed by atoms with Gasteiger partial charge in [0.15, 0.2) is 0 Å². The summed E-state index contributed by atoms with van der Waals surface area (Å²) in [6.07, 6.45) is 1.31. The second-order valence-electron chi connectivity index (χ2n) is 10.7. The van der Waals surface area contributed by atoms with Crippen molar-refractivity contribution < 1.29 is 28.4 Å². The van der Waals surface area contributed by atoms with Crippen molar-refractivity contribution in [2.45, 2.75) is 31.3 Å². The van der Waals surface area contributed by atoms with Gasteiger partial charge in [0.05, 0.1) is 50.8 Å². The summed E-state index contributed by atoms with van der Waals surface area (Å²) in [5.41, 5.74) is 3.25. The van der Waals surface area contributed by atoms with Crippen molar-refractivity contribution in [2.24, 2.45) is 0 Å². The van der Waals surface area contributed by atoms with Crippen molar-refractivity contribution in [3.05, 3.63) is 72.3 Å². The number of epoxide rings is 4. The number of hydrogen-bond acceptors (Lipinski definition) is 8. The molecule has 0 N–H and O–H groups in total. The minimum atomic E-state index is 0.329. The molecule has 0 bridgehead atoms. The lowest BCUT2D eigenvalue weighted by molar-refractivity contribution is 0.388. The first-order chi connectivity index (χ1) is 19.2. The molecule has 0 saturated carbocycles. The molecule has 4 atom stereocenters. The second kappa shape index (κ2) is 10.7. The minimum absolute atomic E-state index is 0.329. The van der Waals surface area contributed by atoms with Crippen LogP contribution in [0.4, 0.5) is 11.4 Å². The lowest BCUT2D eigenvalue weighted by atomic mass is 10.2. The molecule has 8 heteroatoms. The Morgan fingerprint density at radius 3 is 1.21 bits per heavy atom. The van der Waals surface area contributed by atoms with Gasteiger partial charge in [0, 0.05) is 43.1 Å². The van der Waals surface area contributed by atoms with Gasteiger partial charge in [0.1, 0.15) is 23.0 Å². The van der Waals surface area contributed by atoms with Gasteiger partial charge in [0.2, 0.25) is 0 Å². The molecule has 7 rings (SSSR count). The fourth-order valence-electron chi connectivity index (χ4n) is 4.77. The zero-order valence-electron chi connectivity index (χ0n) is 22.2. The molecule has 0 aliphatic carbocycles. The maximum absolute atomic E-state index is 6.27. The highest BCUT2D eigenvalue weighted by molar-refractivity contribution is 5.53. The Morgan fingerprint density at radius 1 is 0.564 bits per heavy atom. The maximum atomic E-state index is 6.27. The number of hydrogen-bond donors (Lipinski definition) is 0. The van der Waals surface area contributed by atoms with Crippen molar-refractivity contribution >= 4 is 11.4 Å². The molecule has 204 valence electrons. The summed E-state index contributed by atoms with van der Waals surface area (Å²) in [4.78, 5) is 4.67. The molecule has 3 aromatic carbocycles. The van der Waals surface area contributed by atoms with Crippen LogP contribution in [0.2, 0.25) is 0 Å². The van der Waals surface area contributed by atoms with Crippen molar-refractivity contribution in [1.82, 2.24) is 0 Å². The van der Waals surface area contributed by atoms with Gasteiger partial charge in [-0.25, -0.2) is 0 Å². The molecular formula is C31H34N2O6. The van der Waals surface area contributed by atoms with Crippen LogP contribution in [0, 0.1) is 6.92 Å². The van der Waals surface area contributed by atoms with Crippen molar-refractivity contribution in [1.29, 1.82) is 0 Å². The monoisotopic (exact) mass is 530 g/mol. The van der Waals surface area contributed by atoms with Crippen LogP contribution in [0.15, 0.2) is 66.7 Å². The molecule has 39 heavy (non-hydrogen) atoms. The van der Waals surface area contributed by atoms with Gasteiger partial charge in [-0.15, -0.1) is 0 Å². The third kappa shape index (κ3) is 6.65. The predicted octanol–water partition coefficient (Wildman–Crippen LogP) is 4.79. The summed E-state index contributed by atoms with van der Waals surface area (Å²) in [7, 11) is 0. The Hall–Kier alpha value is -3.30. The van der Waals surface area contributed by atoms with E-state index in [2.05, 4.69) is 34.1 Å². The van der Waals surface area contributed by atoms with E-state index < -0.39 is 0 Å². The second-order valence-corrected chi connectivity index (χ2v) is 10.7. The summed E-state index contributed by atoms with van der Waals surface area (Å²) >= 11 is 0. The first-order valence-electron chi connectivity index (χ1n) is 13.8. The molecule has 4 unspecified atom stereocenters. The Balaban J connectivity index is 1.00. The molecule has 4 aliphatic rings. The Morgan fingerprint density at radius 2 is 0.897 bits per heavy atom. The van der Waals surface area contributed by atoms with Gasteiger partial charge in [-0.3, -0.25) is 0 Å². The zero-order chi connectivity index (χ0) is 26.2. The van der Waals surface area contributed by atoms with E-state index in [0.29, 0.717) is 24.4 Å². The molecule has 0 radical (unpaired) electrons. The minimum Gasteiger partial charge on any atom is -0.457 e. The van der Waals surface area contributed by atoms with Crippen LogP contribution in [-0.4, -0.2) is 77.0 Å².